The van der Waals surface area contributed by atoms with Crippen molar-refractivity contribution < 1.29 is 9.59 Å². The number of carbonyl (C=O) groups is 2. The molecule has 1 saturated heterocycles. The first kappa shape index (κ1) is 13.2. The van der Waals surface area contributed by atoms with E-state index in [1.54, 1.807) is 4.90 Å². The number of nitrogens with zero attached hydrogens (tertiary/aromatic N) is 2. The summed E-state index contributed by atoms with van der Waals surface area (Å²) in [4.78, 5) is 28.0. The Morgan fingerprint density at radius 2 is 1.75 bits per heavy atom. The highest BCUT2D eigenvalue weighted by Crippen LogP contribution is 2.31. The van der Waals surface area contributed by atoms with Gasteiger partial charge in [-0.05, 0) is 25.3 Å². The molecule has 1 unspecified atom stereocenters. The van der Waals surface area contributed by atoms with Gasteiger partial charge < -0.3 is 4.90 Å². The highest BCUT2D eigenvalue weighted by Gasteiger charge is 2.42. The highest BCUT2D eigenvalue weighted by atomic mass is 16.2. The number of rotatable bonds is 3. The molecule has 4 nitrogen and oxygen atoms in total. The molecule has 0 spiro atoms. The van der Waals surface area contributed by atoms with Gasteiger partial charge in [0.1, 0.15) is 6.54 Å². The molecule has 0 aromatic heterocycles. The molecule has 106 valence electrons. The summed E-state index contributed by atoms with van der Waals surface area (Å²) in [5.41, 5.74) is 1.00. The van der Waals surface area contributed by atoms with Gasteiger partial charge in [0.25, 0.3) is 5.91 Å². The Kier molecular flexibility index (Phi) is 3.47. The zero-order chi connectivity index (χ0) is 14.1. The zero-order valence-corrected chi connectivity index (χ0v) is 11.8. The molecule has 1 saturated carbocycles. The zero-order valence-electron chi connectivity index (χ0n) is 11.8. The maximum atomic E-state index is 12.5. The lowest BCUT2D eigenvalue weighted by molar-refractivity contribution is -0.126. The Hall–Kier alpha value is -1.84. The van der Waals surface area contributed by atoms with Crippen LogP contribution in [0.15, 0.2) is 30.3 Å². The van der Waals surface area contributed by atoms with Crippen LogP contribution < -0.4 is 0 Å². The molecule has 1 aromatic rings. The summed E-state index contributed by atoms with van der Waals surface area (Å²) in [7, 11) is 0. The maximum absolute atomic E-state index is 12.5. The van der Waals surface area contributed by atoms with Crippen LogP contribution in [0.5, 0.6) is 0 Å². The molecular formula is C16H20N2O2. The van der Waals surface area contributed by atoms with Crippen LogP contribution in [0.1, 0.15) is 44.2 Å². The van der Waals surface area contributed by atoms with E-state index in [1.807, 2.05) is 37.3 Å². The number of benzene rings is 1. The van der Waals surface area contributed by atoms with Gasteiger partial charge in [-0.2, -0.15) is 0 Å². The first-order valence-electron chi connectivity index (χ1n) is 7.36. The average Bonchev–Trinajstić information content (AvgIpc) is 3.07. The van der Waals surface area contributed by atoms with Gasteiger partial charge in [0.05, 0.1) is 6.04 Å². The SMILES string of the molecule is CC(c1ccccc1)N1C(=O)CN(C2CCCC2)C1=O. The molecule has 4 heteroatoms. The topological polar surface area (TPSA) is 40.6 Å². The summed E-state index contributed by atoms with van der Waals surface area (Å²) < 4.78 is 0. The molecule has 2 aliphatic rings. The third kappa shape index (κ3) is 2.19. The fourth-order valence-corrected chi connectivity index (χ4v) is 3.30. The van der Waals surface area contributed by atoms with Crippen molar-refractivity contribution in [3.05, 3.63) is 35.9 Å². The van der Waals surface area contributed by atoms with Gasteiger partial charge in [-0.15, -0.1) is 0 Å². The first-order chi connectivity index (χ1) is 9.68. The number of imide groups is 1. The lowest BCUT2D eigenvalue weighted by atomic mass is 10.1. The second kappa shape index (κ2) is 5.27. The summed E-state index contributed by atoms with van der Waals surface area (Å²) >= 11 is 0. The molecule has 0 N–H and O–H groups in total. The second-order valence-electron chi connectivity index (χ2n) is 5.70. The fourth-order valence-electron chi connectivity index (χ4n) is 3.30. The van der Waals surface area contributed by atoms with Crippen LogP contribution in [-0.2, 0) is 4.79 Å². The first-order valence-corrected chi connectivity index (χ1v) is 7.36. The van der Waals surface area contributed by atoms with E-state index in [-0.39, 0.29) is 30.6 Å². The van der Waals surface area contributed by atoms with Crippen molar-refractivity contribution >= 4 is 11.9 Å². The number of urea groups is 1. The van der Waals surface area contributed by atoms with Gasteiger partial charge in [0, 0.05) is 6.04 Å². The van der Waals surface area contributed by atoms with Crippen LogP contribution >= 0.6 is 0 Å². The molecule has 1 aliphatic heterocycles. The van der Waals surface area contributed by atoms with Gasteiger partial charge in [-0.3, -0.25) is 9.69 Å². The summed E-state index contributed by atoms with van der Waals surface area (Å²) in [6, 6.07) is 9.69. The van der Waals surface area contributed by atoms with E-state index >= 15 is 0 Å². The lowest BCUT2D eigenvalue weighted by Crippen LogP contribution is -2.39. The van der Waals surface area contributed by atoms with Crippen LogP contribution in [0.4, 0.5) is 4.79 Å². The van der Waals surface area contributed by atoms with Crippen molar-refractivity contribution in [2.75, 3.05) is 6.54 Å². The largest absolute Gasteiger partial charge is 0.328 e. The van der Waals surface area contributed by atoms with Crippen LogP contribution in [0, 0.1) is 0 Å². The Morgan fingerprint density at radius 3 is 2.40 bits per heavy atom. The summed E-state index contributed by atoms with van der Waals surface area (Å²) in [5.74, 6) is -0.0711. The van der Waals surface area contributed by atoms with Crippen molar-refractivity contribution in [3.63, 3.8) is 0 Å². The van der Waals surface area contributed by atoms with E-state index in [2.05, 4.69) is 0 Å². The number of amides is 3. The summed E-state index contributed by atoms with van der Waals surface area (Å²) in [6.45, 7) is 2.17. The smallest absolute Gasteiger partial charge is 0.312 e. The second-order valence-corrected chi connectivity index (χ2v) is 5.70. The van der Waals surface area contributed by atoms with E-state index in [9.17, 15) is 9.59 Å². The predicted molar refractivity (Wildman–Crippen MR) is 76.1 cm³/mol. The van der Waals surface area contributed by atoms with Crippen LogP contribution in [-0.4, -0.2) is 34.3 Å². The van der Waals surface area contributed by atoms with Gasteiger partial charge in [0.2, 0.25) is 0 Å². The quantitative estimate of drug-likeness (QED) is 0.794. The van der Waals surface area contributed by atoms with E-state index in [4.69, 9.17) is 0 Å². The lowest BCUT2D eigenvalue weighted by Gasteiger charge is -2.26. The van der Waals surface area contributed by atoms with E-state index in [0.29, 0.717) is 0 Å². The molecule has 20 heavy (non-hydrogen) atoms. The Morgan fingerprint density at radius 1 is 1.10 bits per heavy atom. The molecular weight excluding hydrogens is 252 g/mol. The van der Waals surface area contributed by atoms with E-state index in [1.165, 1.54) is 4.90 Å². The van der Waals surface area contributed by atoms with Gasteiger partial charge in [-0.25, -0.2) is 4.79 Å². The third-order valence-electron chi connectivity index (χ3n) is 4.46. The minimum absolute atomic E-state index is 0.0711. The normalized spacial score (nSPS) is 21.9. The monoisotopic (exact) mass is 272 g/mol. The van der Waals surface area contributed by atoms with Crippen molar-refractivity contribution in [2.24, 2.45) is 0 Å². The molecule has 0 bridgehead atoms. The highest BCUT2D eigenvalue weighted by molar-refractivity contribution is 6.02. The van der Waals surface area contributed by atoms with Crippen LogP contribution in [0.25, 0.3) is 0 Å². The summed E-state index contributed by atoms with van der Waals surface area (Å²) in [5, 5.41) is 0. The Bertz CT molecular complexity index is 508. The average molecular weight is 272 g/mol. The van der Waals surface area contributed by atoms with Gasteiger partial charge in [-0.1, -0.05) is 43.2 Å². The van der Waals surface area contributed by atoms with Crippen molar-refractivity contribution in [2.45, 2.75) is 44.7 Å². The number of carbonyl (C=O) groups excluding carboxylic acids is 2. The molecule has 1 atom stereocenters. The van der Waals surface area contributed by atoms with Gasteiger partial charge >= 0.3 is 6.03 Å². The standard InChI is InChI=1S/C16H20N2O2/c1-12(13-7-3-2-4-8-13)18-15(19)11-17(16(18)20)14-9-5-6-10-14/h2-4,7-8,12,14H,5-6,9-11H2,1H3. The molecule has 2 fully saturated rings. The van der Waals surface area contributed by atoms with Crippen LogP contribution in [0.3, 0.4) is 0 Å². The van der Waals surface area contributed by atoms with E-state index in [0.717, 1.165) is 31.2 Å². The van der Waals surface area contributed by atoms with Gasteiger partial charge in [0.15, 0.2) is 0 Å². The predicted octanol–water partition coefficient (Wildman–Crippen LogP) is 2.95. The summed E-state index contributed by atoms with van der Waals surface area (Å²) in [6.07, 6.45) is 4.40. The fraction of sp³-hybridized carbons (Fsp3) is 0.500. The molecule has 0 radical (unpaired) electrons. The van der Waals surface area contributed by atoms with Crippen molar-refractivity contribution in [1.29, 1.82) is 0 Å². The molecule has 3 amide bonds. The van der Waals surface area contributed by atoms with E-state index < -0.39 is 0 Å². The number of hydrogen-bond donors (Lipinski definition) is 0. The molecule has 1 aromatic carbocycles. The third-order valence-corrected chi connectivity index (χ3v) is 4.46. The van der Waals surface area contributed by atoms with Crippen LogP contribution in [0.2, 0.25) is 0 Å². The Labute approximate surface area is 119 Å². The van der Waals surface area contributed by atoms with Crippen molar-refractivity contribution in [1.82, 2.24) is 9.80 Å². The maximum Gasteiger partial charge on any atom is 0.328 e. The molecule has 3 rings (SSSR count). The number of hydrogen-bond acceptors (Lipinski definition) is 2. The molecule has 1 heterocycles. The molecule has 1 aliphatic carbocycles. The van der Waals surface area contributed by atoms with Crippen molar-refractivity contribution in [3.8, 4) is 0 Å². The minimum atomic E-state index is -0.192. The Balaban J connectivity index is 1.80. The minimum Gasteiger partial charge on any atom is -0.312 e.